The van der Waals surface area contributed by atoms with Gasteiger partial charge >= 0.3 is 0 Å². The van der Waals surface area contributed by atoms with Crippen molar-refractivity contribution in [2.24, 2.45) is 0 Å². The predicted octanol–water partition coefficient (Wildman–Crippen LogP) is 0.797. The minimum Gasteiger partial charge on any atom is -0.399 e. The van der Waals surface area contributed by atoms with E-state index in [2.05, 4.69) is 5.10 Å². The lowest BCUT2D eigenvalue weighted by Crippen LogP contribution is -2.35. The van der Waals surface area contributed by atoms with E-state index in [4.69, 9.17) is 5.73 Å². The summed E-state index contributed by atoms with van der Waals surface area (Å²) in [7, 11) is 1.65. The number of nitrogens with zero attached hydrogens (tertiary/aromatic N) is 3. The Bertz CT molecular complexity index is 676. The van der Waals surface area contributed by atoms with Gasteiger partial charge in [-0.15, -0.1) is 0 Å². The lowest BCUT2D eigenvalue weighted by atomic mass is 10.2. The third kappa shape index (κ3) is 3.03. The maximum absolute atomic E-state index is 12.2. The fourth-order valence-electron chi connectivity index (χ4n) is 1.74. The third-order valence-corrected chi connectivity index (χ3v) is 2.94. The molecule has 0 fully saturated rings. The summed E-state index contributed by atoms with van der Waals surface area (Å²) >= 11 is 0. The lowest BCUT2D eigenvalue weighted by Gasteiger charge is -2.17. The van der Waals surface area contributed by atoms with Crippen LogP contribution in [0.15, 0.2) is 41.2 Å². The average molecular weight is 272 g/mol. The number of carbonyl (C=O) groups excluding carboxylic acids is 1. The zero-order chi connectivity index (χ0) is 14.7. The van der Waals surface area contributed by atoms with Gasteiger partial charge < -0.3 is 10.6 Å². The van der Waals surface area contributed by atoms with Crippen molar-refractivity contribution in [3.63, 3.8) is 0 Å². The minimum absolute atomic E-state index is 0.0958. The first-order valence-corrected chi connectivity index (χ1v) is 6.14. The monoisotopic (exact) mass is 272 g/mol. The van der Waals surface area contributed by atoms with Crippen LogP contribution in [0, 0.1) is 6.92 Å². The van der Waals surface area contributed by atoms with Crippen LogP contribution in [0.5, 0.6) is 0 Å². The van der Waals surface area contributed by atoms with E-state index >= 15 is 0 Å². The maximum Gasteiger partial charge on any atom is 0.267 e. The summed E-state index contributed by atoms with van der Waals surface area (Å²) < 4.78 is 1.16. The number of aryl methyl sites for hydroxylation is 1. The van der Waals surface area contributed by atoms with Crippen LogP contribution in [0.2, 0.25) is 0 Å². The van der Waals surface area contributed by atoms with E-state index in [1.165, 1.54) is 11.0 Å². The molecule has 1 aromatic carbocycles. The van der Waals surface area contributed by atoms with Gasteiger partial charge in [0.15, 0.2) is 0 Å². The Hall–Kier alpha value is -2.63. The summed E-state index contributed by atoms with van der Waals surface area (Å²) in [5.74, 6) is -0.227. The molecule has 0 bridgehead atoms. The molecule has 6 heteroatoms. The molecule has 1 aromatic heterocycles. The summed E-state index contributed by atoms with van der Waals surface area (Å²) in [6.07, 6.45) is 0. The van der Waals surface area contributed by atoms with Gasteiger partial charge in [0.25, 0.3) is 5.56 Å². The predicted molar refractivity (Wildman–Crippen MR) is 77.5 cm³/mol. The van der Waals surface area contributed by atoms with E-state index in [0.717, 1.165) is 4.68 Å². The lowest BCUT2D eigenvalue weighted by molar-refractivity contribution is -0.119. The van der Waals surface area contributed by atoms with Crippen molar-refractivity contribution in [3.05, 3.63) is 52.4 Å². The largest absolute Gasteiger partial charge is 0.399 e. The highest BCUT2D eigenvalue weighted by molar-refractivity contribution is 5.92. The van der Waals surface area contributed by atoms with Gasteiger partial charge in [-0.2, -0.15) is 5.10 Å². The molecule has 0 aliphatic heterocycles. The maximum atomic E-state index is 12.2. The first-order valence-electron chi connectivity index (χ1n) is 6.14. The molecule has 0 saturated heterocycles. The van der Waals surface area contributed by atoms with Crippen LogP contribution >= 0.6 is 0 Å². The summed E-state index contributed by atoms with van der Waals surface area (Å²) in [5, 5.41) is 4.04. The number of carbonyl (C=O) groups is 1. The van der Waals surface area contributed by atoms with Crippen molar-refractivity contribution in [3.8, 4) is 0 Å². The number of amides is 1. The average Bonchev–Trinajstić information content (AvgIpc) is 2.43. The van der Waals surface area contributed by atoms with Crippen molar-refractivity contribution in [1.29, 1.82) is 0 Å². The first-order chi connectivity index (χ1) is 9.47. The third-order valence-electron chi connectivity index (χ3n) is 2.94. The summed E-state index contributed by atoms with van der Waals surface area (Å²) in [6.45, 7) is 1.67. The Morgan fingerprint density at radius 2 is 1.90 bits per heavy atom. The zero-order valence-corrected chi connectivity index (χ0v) is 11.4. The van der Waals surface area contributed by atoms with Gasteiger partial charge in [-0.1, -0.05) is 0 Å². The second kappa shape index (κ2) is 5.56. The molecule has 104 valence electrons. The highest BCUT2D eigenvalue weighted by atomic mass is 16.2. The highest BCUT2D eigenvalue weighted by Crippen LogP contribution is 2.14. The number of benzene rings is 1. The molecule has 0 saturated carbocycles. The van der Waals surface area contributed by atoms with E-state index in [9.17, 15) is 9.59 Å². The smallest absolute Gasteiger partial charge is 0.267 e. The molecule has 0 aliphatic carbocycles. The van der Waals surface area contributed by atoms with E-state index in [-0.39, 0.29) is 18.0 Å². The highest BCUT2D eigenvalue weighted by Gasteiger charge is 2.12. The molecule has 0 unspecified atom stereocenters. The number of hydrogen-bond donors (Lipinski definition) is 1. The summed E-state index contributed by atoms with van der Waals surface area (Å²) in [6, 6.07) is 9.96. The van der Waals surface area contributed by atoms with Crippen molar-refractivity contribution in [2.45, 2.75) is 13.5 Å². The Labute approximate surface area is 116 Å². The van der Waals surface area contributed by atoms with Crippen LogP contribution in [0.4, 0.5) is 11.4 Å². The molecule has 6 nitrogen and oxygen atoms in total. The molecule has 0 radical (unpaired) electrons. The molecule has 2 aromatic rings. The number of rotatable bonds is 3. The minimum atomic E-state index is -0.297. The Balaban J connectivity index is 2.17. The molecule has 2 rings (SSSR count). The number of aromatic nitrogens is 2. The van der Waals surface area contributed by atoms with Crippen LogP contribution in [-0.4, -0.2) is 22.7 Å². The van der Waals surface area contributed by atoms with E-state index < -0.39 is 0 Å². The van der Waals surface area contributed by atoms with Crippen LogP contribution in [-0.2, 0) is 11.3 Å². The molecule has 2 N–H and O–H groups in total. The summed E-state index contributed by atoms with van der Waals surface area (Å²) in [4.78, 5) is 25.2. The first kappa shape index (κ1) is 13.8. The Morgan fingerprint density at radius 3 is 2.55 bits per heavy atom. The van der Waals surface area contributed by atoms with Gasteiger partial charge in [0.2, 0.25) is 5.91 Å². The molecule has 0 atom stereocenters. The van der Waals surface area contributed by atoms with Gasteiger partial charge in [-0.05, 0) is 37.3 Å². The quantitative estimate of drug-likeness (QED) is 0.838. The van der Waals surface area contributed by atoms with Crippen LogP contribution in [0.3, 0.4) is 0 Å². The summed E-state index contributed by atoms with van der Waals surface area (Å²) in [5.41, 5.74) is 7.34. The van der Waals surface area contributed by atoms with Gasteiger partial charge in [-0.25, -0.2) is 4.68 Å². The van der Waals surface area contributed by atoms with E-state index in [0.29, 0.717) is 17.1 Å². The number of nitrogens with two attached hydrogens (primary N) is 1. The SMILES string of the molecule is Cc1ccc(=O)n(CC(=O)N(C)c2ccc(N)cc2)n1. The Kier molecular flexibility index (Phi) is 3.84. The van der Waals surface area contributed by atoms with Crippen LogP contribution < -0.4 is 16.2 Å². The number of likely N-dealkylation sites (N-methyl/N-ethyl adjacent to an activating group) is 1. The fraction of sp³-hybridized carbons (Fsp3) is 0.214. The van der Waals surface area contributed by atoms with Gasteiger partial charge in [0, 0.05) is 24.5 Å². The van der Waals surface area contributed by atoms with Crippen molar-refractivity contribution in [1.82, 2.24) is 9.78 Å². The van der Waals surface area contributed by atoms with E-state index in [1.54, 1.807) is 44.3 Å². The normalized spacial score (nSPS) is 10.3. The van der Waals surface area contributed by atoms with Crippen LogP contribution in [0.1, 0.15) is 5.69 Å². The molecule has 1 amide bonds. The number of nitrogen functional groups attached to an aromatic ring is 1. The zero-order valence-electron chi connectivity index (χ0n) is 11.4. The number of anilines is 2. The Morgan fingerprint density at radius 1 is 1.25 bits per heavy atom. The standard InChI is InChI=1S/C14H16N4O2/c1-10-3-8-13(19)18(16-10)9-14(20)17(2)12-6-4-11(15)5-7-12/h3-8H,9,15H2,1-2H3. The van der Waals surface area contributed by atoms with Gasteiger partial charge in [0.1, 0.15) is 6.54 Å². The van der Waals surface area contributed by atoms with Gasteiger partial charge in [-0.3, -0.25) is 9.59 Å². The molecule has 0 spiro atoms. The van der Waals surface area contributed by atoms with Crippen molar-refractivity contribution < 1.29 is 4.79 Å². The fourth-order valence-corrected chi connectivity index (χ4v) is 1.74. The molecular formula is C14H16N4O2. The number of hydrogen-bond acceptors (Lipinski definition) is 4. The van der Waals surface area contributed by atoms with Crippen molar-refractivity contribution >= 4 is 17.3 Å². The van der Waals surface area contributed by atoms with Gasteiger partial charge in [0.05, 0.1) is 5.69 Å². The topological polar surface area (TPSA) is 81.2 Å². The molecule has 0 aliphatic rings. The van der Waals surface area contributed by atoms with Crippen LogP contribution in [0.25, 0.3) is 0 Å². The molecular weight excluding hydrogens is 256 g/mol. The second-order valence-corrected chi connectivity index (χ2v) is 4.51. The van der Waals surface area contributed by atoms with E-state index in [1.807, 2.05) is 0 Å². The second-order valence-electron chi connectivity index (χ2n) is 4.51. The molecule has 20 heavy (non-hydrogen) atoms. The van der Waals surface area contributed by atoms with Crippen molar-refractivity contribution in [2.75, 3.05) is 17.7 Å². The molecule has 1 heterocycles.